The molecule has 0 aliphatic heterocycles. The second-order valence-electron chi connectivity index (χ2n) is 5.74. The third-order valence-electron chi connectivity index (χ3n) is 3.27. The number of anilines is 1. The maximum Gasteiger partial charge on any atom is 0.243 e. The highest BCUT2D eigenvalue weighted by atomic mass is 16.5. The minimum absolute atomic E-state index is 0.479. The molecular weight excluding hydrogens is 316 g/mol. The Balaban J connectivity index is 2.12. The van der Waals surface area contributed by atoms with Gasteiger partial charge in [0.05, 0.1) is 19.4 Å². The van der Waals surface area contributed by atoms with Crippen molar-refractivity contribution in [3.8, 4) is 11.5 Å². The first-order valence-electron chi connectivity index (χ1n) is 8.63. The first-order chi connectivity index (χ1) is 12.1. The fraction of sp³-hybridized carbons (Fsp3) is 0.421. The van der Waals surface area contributed by atoms with Gasteiger partial charge < -0.3 is 9.47 Å². The van der Waals surface area contributed by atoms with Crippen molar-refractivity contribution in [3.05, 3.63) is 41.2 Å². The number of aromatic nitrogens is 2. The molecule has 0 bridgehead atoms. The first kappa shape index (κ1) is 18.7. The molecule has 25 heavy (non-hydrogen) atoms. The summed E-state index contributed by atoms with van der Waals surface area (Å²) in [6.07, 6.45) is 3.61. The molecule has 0 unspecified atom stereocenters. The zero-order valence-corrected chi connectivity index (χ0v) is 15.4. The van der Waals surface area contributed by atoms with Gasteiger partial charge in [0.15, 0.2) is 0 Å². The van der Waals surface area contributed by atoms with E-state index in [1.165, 1.54) is 0 Å². The summed E-state index contributed by atoms with van der Waals surface area (Å²) >= 11 is 0. The Hall–Kier alpha value is -2.63. The molecule has 0 radical (unpaired) electrons. The number of hydrogen-bond donors (Lipinski definition) is 1. The summed E-state index contributed by atoms with van der Waals surface area (Å²) in [6, 6.07) is 7.67. The standard InChI is InChI=1S/C19H26N4O2/c1-5-9-24-17-8-7-16(18(12-17)25-10-6-2)13-20-23-19-21-14(3)11-15(4)22-19/h7-8,11-13H,5-6,9-10H2,1-4H3,(H,21,22,23). The van der Waals surface area contributed by atoms with Crippen LogP contribution in [0.4, 0.5) is 5.95 Å². The second kappa shape index (κ2) is 9.61. The Morgan fingerprint density at radius 1 is 1.00 bits per heavy atom. The van der Waals surface area contributed by atoms with E-state index in [4.69, 9.17) is 9.47 Å². The van der Waals surface area contributed by atoms with Crippen LogP contribution < -0.4 is 14.9 Å². The van der Waals surface area contributed by atoms with Crippen LogP contribution in [-0.4, -0.2) is 29.4 Å². The number of benzene rings is 1. The molecule has 0 fully saturated rings. The molecule has 1 heterocycles. The lowest BCUT2D eigenvalue weighted by Crippen LogP contribution is -2.02. The molecule has 2 rings (SSSR count). The first-order valence-corrected chi connectivity index (χ1v) is 8.63. The van der Waals surface area contributed by atoms with Gasteiger partial charge in [-0.2, -0.15) is 5.10 Å². The van der Waals surface area contributed by atoms with Gasteiger partial charge in [-0.05, 0) is 44.9 Å². The molecule has 0 spiro atoms. The van der Waals surface area contributed by atoms with E-state index in [1.807, 2.05) is 38.1 Å². The van der Waals surface area contributed by atoms with Crippen LogP contribution in [-0.2, 0) is 0 Å². The second-order valence-corrected chi connectivity index (χ2v) is 5.74. The van der Waals surface area contributed by atoms with Crippen LogP contribution in [0.2, 0.25) is 0 Å². The molecule has 1 aromatic carbocycles. The third kappa shape index (κ3) is 6.06. The van der Waals surface area contributed by atoms with Gasteiger partial charge in [-0.15, -0.1) is 0 Å². The van der Waals surface area contributed by atoms with Crippen molar-refractivity contribution in [2.45, 2.75) is 40.5 Å². The van der Waals surface area contributed by atoms with Crippen molar-refractivity contribution < 1.29 is 9.47 Å². The fourth-order valence-electron chi connectivity index (χ4n) is 2.20. The van der Waals surface area contributed by atoms with Crippen LogP contribution in [0.15, 0.2) is 29.4 Å². The number of hydrazone groups is 1. The Bertz CT molecular complexity index is 696. The maximum absolute atomic E-state index is 5.82. The highest BCUT2D eigenvalue weighted by Gasteiger charge is 2.05. The minimum atomic E-state index is 0.479. The molecule has 1 N–H and O–H groups in total. The number of nitrogens with zero attached hydrogens (tertiary/aromatic N) is 3. The molecule has 0 atom stereocenters. The van der Waals surface area contributed by atoms with E-state index in [9.17, 15) is 0 Å². The summed E-state index contributed by atoms with van der Waals surface area (Å²) in [4.78, 5) is 8.60. The summed E-state index contributed by atoms with van der Waals surface area (Å²) in [5.74, 6) is 2.03. The van der Waals surface area contributed by atoms with Crippen molar-refractivity contribution >= 4 is 12.2 Å². The van der Waals surface area contributed by atoms with Crippen LogP contribution in [0.3, 0.4) is 0 Å². The van der Waals surface area contributed by atoms with Gasteiger partial charge in [0, 0.05) is 23.0 Å². The van der Waals surface area contributed by atoms with Gasteiger partial charge >= 0.3 is 0 Å². The fourth-order valence-corrected chi connectivity index (χ4v) is 2.20. The van der Waals surface area contributed by atoms with E-state index in [1.54, 1.807) is 6.21 Å². The SMILES string of the molecule is CCCOc1ccc(C=NNc2nc(C)cc(C)n2)c(OCCC)c1. The summed E-state index contributed by atoms with van der Waals surface area (Å²) in [6.45, 7) is 9.34. The van der Waals surface area contributed by atoms with E-state index in [-0.39, 0.29) is 0 Å². The summed E-state index contributed by atoms with van der Waals surface area (Å²) in [7, 11) is 0. The molecule has 0 saturated heterocycles. The van der Waals surface area contributed by atoms with E-state index in [0.29, 0.717) is 19.2 Å². The largest absolute Gasteiger partial charge is 0.493 e. The summed E-state index contributed by atoms with van der Waals surface area (Å²) in [5, 5.41) is 4.23. The Kier molecular flexibility index (Phi) is 7.19. The molecule has 6 heteroatoms. The van der Waals surface area contributed by atoms with Crippen molar-refractivity contribution in [2.24, 2.45) is 5.10 Å². The minimum Gasteiger partial charge on any atom is -0.493 e. The van der Waals surface area contributed by atoms with Crippen LogP contribution in [0.5, 0.6) is 11.5 Å². The molecule has 0 aliphatic carbocycles. The van der Waals surface area contributed by atoms with E-state index in [0.717, 1.165) is 41.3 Å². The van der Waals surface area contributed by atoms with Gasteiger partial charge in [-0.1, -0.05) is 13.8 Å². The van der Waals surface area contributed by atoms with Crippen molar-refractivity contribution in [3.63, 3.8) is 0 Å². The number of ether oxygens (including phenoxy) is 2. The normalized spacial score (nSPS) is 10.9. The van der Waals surface area contributed by atoms with E-state index in [2.05, 4.69) is 34.3 Å². The molecule has 0 saturated carbocycles. The highest BCUT2D eigenvalue weighted by molar-refractivity contribution is 5.84. The van der Waals surface area contributed by atoms with Gasteiger partial charge in [-0.25, -0.2) is 15.4 Å². The lowest BCUT2D eigenvalue weighted by atomic mass is 10.2. The average Bonchev–Trinajstić information content (AvgIpc) is 2.58. The van der Waals surface area contributed by atoms with Crippen molar-refractivity contribution in [1.82, 2.24) is 9.97 Å². The topological polar surface area (TPSA) is 68.6 Å². The lowest BCUT2D eigenvalue weighted by Gasteiger charge is -2.11. The van der Waals surface area contributed by atoms with Crippen LogP contribution in [0.25, 0.3) is 0 Å². The maximum atomic E-state index is 5.82. The van der Waals surface area contributed by atoms with Gasteiger partial charge in [-0.3, -0.25) is 0 Å². The average molecular weight is 342 g/mol. The zero-order chi connectivity index (χ0) is 18.1. The monoisotopic (exact) mass is 342 g/mol. The molecule has 134 valence electrons. The summed E-state index contributed by atoms with van der Waals surface area (Å²) < 4.78 is 11.5. The quantitative estimate of drug-likeness (QED) is 0.548. The van der Waals surface area contributed by atoms with E-state index < -0.39 is 0 Å². The Labute approximate surface area is 149 Å². The molecule has 0 aliphatic rings. The summed E-state index contributed by atoms with van der Waals surface area (Å²) in [5.41, 5.74) is 5.53. The van der Waals surface area contributed by atoms with Gasteiger partial charge in [0.1, 0.15) is 11.5 Å². The van der Waals surface area contributed by atoms with Gasteiger partial charge in [0.2, 0.25) is 5.95 Å². The molecule has 1 aromatic heterocycles. The third-order valence-corrected chi connectivity index (χ3v) is 3.27. The molecular formula is C19H26N4O2. The van der Waals surface area contributed by atoms with Crippen LogP contribution in [0, 0.1) is 13.8 Å². The molecule has 6 nitrogen and oxygen atoms in total. The highest BCUT2D eigenvalue weighted by Crippen LogP contribution is 2.24. The number of aryl methyl sites for hydroxylation is 2. The zero-order valence-electron chi connectivity index (χ0n) is 15.4. The smallest absolute Gasteiger partial charge is 0.243 e. The number of nitrogens with one attached hydrogen (secondary N) is 1. The van der Waals surface area contributed by atoms with Gasteiger partial charge in [0.25, 0.3) is 0 Å². The predicted octanol–water partition coefficient (Wildman–Crippen LogP) is 4.12. The lowest BCUT2D eigenvalue weighted by molar-refractivity contribution is 0.301. The molecule has 0 amide bonds. The number of hydrogen-bond acceptors (Lipinski definition) is 6. The Morgan fingerprint density at radius 3 is 2.36 bits per heavy atom. The van der Waals surface area contributed by atoms with Crippen molar-refractivity contribution in [2.75, 3.05) is 18.6 Å². The number of rotatable bonds is 9. The van der Waals surface area contributed by atoms with Crippen molar-refractivity contribution in [1.29, 1.82) is 0 Å². The molecule has 2 aromatic rings. The predicted molar refractivity (Wildman–Crippen MR) is 101 cm³/mol. The van der Waals surface area contributed by atoms with Crippen LogP contribution >= 0.6 is 0 Å². The Morgan fingerprint density at radius 2 is 1.68 bits per heavy atom. The van der Waals surface area contributed by atoms with Crippen LogP contribution in [0.1, 0.15) is 43.6 Å². The van der Waals surface area contributed by atoms with E-state index >= 15 is 0 Å².